The minimum Gasteiger partial charge on any atom is -0.461 e. The van der Waals surface area contributed by atoms with Gasteiger partial charge in [-0.1, -0.05) is 27.7 Å². The molecule has 0 aliphatic heterocycles. The normalized spacial score (nSPS) is 20.5. The van der Waals surface area contributed by atoms with E-state index in [4.69, 9.17) is 4.74 Å². The summed E-state index contributed by atoms with van der Waals surface area (Å²) in [6, 6.07) is 0. The molecule has 0 unspecified atom stereocenters. The average molecular weight is 241 g/mol. The summed E-state index contributed by atoms with van der Waals surface area (Å²) in [4.78, 5) is 11.6. The number of hydrogen-bond acceptors (Lipinski definition) is 3. The minimum absolute atomic E-state index is 0.102. The van der Waals surface area contributed by atoms with E-state index in [-0.39, 0.29) is 12.1 Å². The zero-order valence-corrected chi connectivity index (χ0v) is 11.7. The Labute approximate surface area is 105 Å². The molecular formula is C14H27NO2. The van der Waals surface area contributed by atoms with Gasteiger partial charge in [-0.15, -0.1) is 0 Å². The molecule has 0 amide bonds. The lowest BCUT2D eigenvalue weighted by Crippen LogP contribution is -2.33. The Balaban J connectivity index is 2.15. The van der Waals surface area contributed by atoms with Crippen LogP contribution in [0.2, 0.25) is 0 Å². The lowest BCUT2D eigenvalue weighted by Gasteiger charge is -2.33. The van der Waals surface area contributed by atoms with Crippen LogP contribution in [-0.4, -0.2) is 25.2 Å². The number of nitrogens with one attached hydrogen (secondary N) is 1. The van der Waals surface area contributed by atoms with E-state index in [9.17, 15) is 4.79 Å². The van der Waals surface area contributed by atoms with Crippen molar-refractivity contribution in [2.75, 3.05) is 13.1 Å². The SMILES string of the molecule is CC(C)CNCC(=O)OC1CCC(C)(C)CC1. The van der Waals surface area contributed by atoms with Crippen molar-refractivity contribution < 1.29 is 9.53 Å². The third-order valence-corrected chi connectivity index (χ3v) is 3.41. The van der Waals surface area contributed by atoms with Crippen LogP contribution in [0, 0.1) is 11.3 Å². The lowest BCUT2D eigenvalue weighted by molar-refractivity contribution is -0.150. The van der Waals surface area contributed by atoms with Crippen molar-refractivity contribution in [1.29, 1.82) is 0 Å². The van der Waals surface area contributed by atoms with Crippen molar-refractivity contribution in [2.24, 2.45) is 11.3 Å². The van der Waals surface area contributed by atoms with Crippen molar-refractivity contribution in [2.45, 2.75) is 59.5 Å². The van der Waals surface area contributed by atoms with Gasteiger partial charge in [0.1, 0.15) is 6.10 Å². The maximum Gasteiger partial charge on any atom is 0.320 e. The van der Waals surface area contributed by atoms with Crippen LogP contribution in [0.3, 0.4) is 0 Å². The van der Waals surface area contributed by atoms with Gasteiger partial charge in [-0.3, -0.25) is 4.79 Å². The highest BCUT2D eigenvalue weighted by molar-refractivity contribution is 5.71. The molecule has 1 aliphatic rings. The Morgan fingerprint density at radius 1 is 1.35 bits per heavy atom. The highest BCUT2D eigenvalue weighted by atomic mass is 16.5. The highest BCUT2D eigenvalue weighted by Gasteiger charge is 2.28. The van der Waals surface area contributed by atoms with Gasteiger partial charge in [0.15, 0.2) is 0 Å². The molecule has 100 valence electrons. The third kappa shape index (κ3) is 6.06. The van der Waals surface area contributed by atoms with E-state index in [0.29, 0.717) is 17.9 Å². The van der Waals surface area contributed by atoms with Gasteiger partial charge < -0.3 is 10.1 Å². The predicted octanol–water partition coefficient (Wildman–Crippen LogP) is 2.74. The van der Waals surface area contributed by atoms with Crippen LogP contribution >= 0.6 is 0 Å². The van der Waals surface area contributed by atoms with Crippen LogP contribution in [0.5, 0.6) is 0 Å². The molecule has 0 spiro atoms. The van der Waals surface area contributed by atoms with Gasteiger partial charge in [0.25, 0.3) is 0 Å². The molecule has 0 atom stereocenters. The highest BCUT2D eigenvalue weighted by Crippen LogP contribution is 2.36. The van der Waals surface area contributed by atoms with E-state index in [1.807, 2.05) is 0 Å². The topological polar surface area (TPSA) is 38.3 Å². The Morgan fingerprint density at radius 3 is 2.47 bits per heavy atom. The Morgan fingerprint density at radius 2 is 1.94 bits per heavy atom. The van der Waals surface area contributed by atoms with Crippen molar-refractivity contribution >= 4 is 5.97 Å². The lowest BCUT2D eigenvalue weighted by atomic mass is 9.76. The van der Waals surface area contributed by atoms with Crippen LogP contribution < -0.4 is 5.32 Å². The number of carbonyl (C=O) groups excluding carboxylic acids is 1. The molecule has 1 N–H and O–H groups in total. The molecule has 3 nitrogen and oxygen atoms in total. The molecule has 17 heavy (non-hydrogen) atoms. The van der Waals surface area contributed by atoms with Crippen LogP contribution in [0.1, 0.15) is 53.4 Å². The molecule has 1 aliphatic carbocycles. The van der Waals surface area contributed by atoms with Crippen molar-refractivity contribution in [1.82, 2.24) is 5.32 Å². The summed E-state index contributed by atoms with van der Waals surface area (Å²) in [6.07, 6.45) is 4.50. The van der Waals surface area contributed by atoms with Gasteiger partial charge in [0.05, 0.1) is 6.54 Å². The zero-order chi connectivity index (χ0) is 12.9. The van der Waals surface area contributed by atoms with E-state index in [2.05, 4.69) is 33.0 Å². The maximum absolute atomic E-state index is 11.6. The van der Waals surface area contributed by atoms with Gasteiger partial charge in [0.2, 0.25) is 0 Å². The fourth-order valence-corrected chi connectivity index (χ4v) is 2.18. The Hall–Kier alpha value is -0.570. The first-order valence-corrected chi connectivity index (χ1v) is 6.79. The molecular weight excluding hydrogens is 214 g/mol. The second kappa shape index (κ2) is 6.39. The van der Waals surface area contributed by atoms with Gasteiger partial charge in [0, 0.05) is 0 Å². The second-order valence-corrected chi connectivity index (χ2v) is 6.38. The van der Waals surface area contributed by atoms with E-state index >= 15 is 0 Å². The van der Waals surface area contributed by atoms with Gasteiger partial charge in [-0.05, 0) is 43.6 Å². The number of hydrogen-bond donors (Lipinski definition) is 1. The van der Waals surface area contributed by atoms with Gasteiger partial charge >= 0.3 is 5.97 Å². The summed E-state index contributed by atoms with van der Waals surface area (Å²) < 4.78 is 5.47. The summed E-state index contributed by atoms with van der Waals surface area (Å²) in [6.45, 7) is 10.0. The molecule has 0 radical (unpaired) electrons. The number of ether oxygens (including phenoxy) is 1. The Kier molecular flexibility index (Phi) is 5.44. The summed E-state index contributed by atoms with van der Waals surface area (Å²) in [5.41, 5.74) is 0.429. The minimum atomic E-state index is -0.102. The molecule has 0 aromatic carbocycles. The molecule has 0 bridgehead atoms. The fourth-order valence-electron chi connectivity index (χ4n) is 2.18. The molecule has 0 aromatic rings. The first-order chi connectivity index (χ1) is 7.89. The van der Waals surface area contributed by atoms with E-state index in [0.717, 1.165) is 32.2 Å². The summed E-state index contributed by atoms with van der Waals surface area (Å²) in [5.74, 6) is 0.466. The van der Waals surface area contributed by atoms with E-state index < -0.39 is 0 Å². The molecule has 1 rings (SSSR count). The molecule has 0 heterocycles. The number of esters is 1. The quantitative estimate of drug-likeness (QED) is 0.752. The van der Waals surface area contributed by atoms with Crippen molar-refractivity contribution in [3.8, 4) is 0 Å². The first-order valence-electron chi connectivity index (χ1n) is 6.79. The molecule has 3 heteroatoms. The van der Waals surface area contributed by atoms with Gasteiger partial charge in [-0.25, -0.2) is 0 Å². The molecule has 1 saturated carbocycles. The van der Waals surface area contributed by atoms with Crippen molar-refractivity contribution in [3.05, 3.63) is 0 Å². The van der Waals surface area contributed by atoms with Gasteiger partial charge in [-0.2, -0.15) is 0 Å². The number of carbonyl (C=O) groups is 1. The summed E-state index contributed by atoms with van der Waals surface area (Å²) >= 11 is 0. The Bertz CT molecular complexity index is 239. The summed E-state index contributed by atoms with van der Waals surface area (Å²) in [5, 5.41) is 3.12. The second-order valence-electron chi connectivity index (χ2n) is 6.38. The average Bonchev–Trinajstić information content (AvgIpc) is 2.21. The van der Waals surface area contributed by atoms with Crippen molar-refractivity contribution in [3.63, 3.8) is 0 Å². The van der Waals surface area contributed by atoms with Crippen LogP contribution in [0.4, 0.5) is 0 Å². The molecule has 1 fully saturated rings. The predicted molar refractivity (Wildman–Crippen MR) is 69.8 cm³/mol. The van der Waals surface area contributed by atoms with E-state index in [1.54, 1.807) is 0 Å². The standard InChI is InChI=1S/C14H27NO2/c1-11(2)9-15-10-13(16)17-12-5-7-14(3,4)8-6-12/h11-12,15H,5-10H2,1-4H3. The zero-order valence-electron chi connectivity index (χ0n) is 11.7. The van der Waals surface area contributed by atoms with Crippen LogP contribution in [0.15, 0.2) is 0 Å². The summed E-state index contributed by atoms with van der Waals surface area (Å²) in [7, 11) is 0. The van der Waals surface area contributed by atoms with Crippen LogP contribution in [0.25, 0.3) is 0 Å². The first kappa shape index (κ1) is 14.5. The van der Waals surface area contributed by atoms with Crippen LogP contribution in [-0.2, 0) is 9.53 Å². The van der Waals surface area contributed by atoms with E-state index in [1.165, 1.54) is 0 Å². The maximum atomic E-state index is 11.6. The smallest absolute Gasteiger partial charge is 0.320 e. The monoisotopic (exact) mass is 241 g/mol. The fraction of sp³-hybridized carbons (Fsp3) is 0.929. The molecule has 0 aromatic heterocycles. The third-order valence-electron chi connectivity index (χ3n) is 3.41. The largest absolute Gasteiger partial charge is 0.461 e. The number of rotatable bonds is 5. The molecule has 0 saturated heterocycles.